The number of hydrogen-bond acceptors (Lipinski definition) is 5. The molecule has 0 unspecified atom stereocenters. The van der Waals surface area contributed by atoms with Crippen molar-refractivity contribution >= 4 is 28.9 Å². The van der Waals surface area contributed by atoms with Crippen LogP contribution in [-0.4, -0.2) is 31.3 Å². The van der Waals surface area contributed by atoms with Crippen molar-refractivity contribution in [2.45, 2.75) is 6.92 Å². The zero-order valence-corrected chi connectivity index (χ0v) is 12.2. The number of methoxy groups -OCH3 is 1. The minimum Gasteiger partial charge on any atom is -0.465 e. The Bertz CT molecular complexity index is 739. The Balaban J connectivity index is 2.48. The zero-order chi connectivity index (χ0) is 15.2. The molecule has 5 heteroatoms. The van der Waals surface area contributed by atoms with E-state index in [2.05, 4.69) is 9.98 Å². The van der Waals surface area contributed by atoms with Gasteiger partial charge in [0.15, 0.2) is 5.58 Å². The number of fused-ring (bicyclic) bond motifs is 1. The molecule has 0 saturated heterocycles. The topological polar surface area (TPSA) is 64.7 Å². The maximum absolute atomic E-state index is 11.5. The van der Waals surface area contributed by atoms with E-state index in [4.69, 9.17) is 9.15 Å². The second-order valence-corrected chi connectivity index (χ2v) is 4.22. The molecule has 0 bridgehead atoms. The van der Waals surface area contributed by atoms with Gasteiger partial charge in [-0.05, 0) is 31.2 Å². The van der Waals surface area contributed by atoms with Gasteiger partial charge in [0.2, 0.25) is 5.89 Å². The van der Waals surface area contributed by atoms with Crippen LogP contribution in [0.1, 0.15) is 23.2 Å². The molecule has 1 aromatic heterocycles. The Morgan fingerprint density at radius 2 is 2.24 bits per heavy atom. The van der Waals surface area contributed by atoms with Gasteiger partial charge in [0.05, 0.1) is 12.7 Å². The summed E-state index contributed by atoms with van der Waals surface area (Å²) in [7, 11) is 3.04. The molecule has 0 atom stereocenters. The molecule has 0 N–H and O–H groups in total. The van der Waals surface area contributed by atoms with Gasteiger partial charge in [0, 0.05) is 18.8 Å². The summed E-state index contributed by atoms with van der Waals surface area (Å²) in [5.74, 6) is 0.0776. The maximum atomic E-state index is 11.5. The average Bonchev–Trinajstić information content (AvgIpc) is 2.93. The molecule has 2 rings (SSSR count). The summed E-state index contributed by atoms with van der Waals surface area (Å²) in [6.07, 6.45) is 7.26. The number of aromatic nitrogens is 1. The van der Waals surface area contributed by atoms with Crippen molar-refractivity contribution in [1.29, 1.82) is 0 Å². The fourth-order valence-corrected chi connectivity index (χ4v) is 1.83. The molecule has 1 aromatic carbocycles. The largest absolute Gasteiger partial charge is 0.465 e. The van der Waals surface area contributed by atoms with Gasteiger partial charge in [-0.1, -0.05) is 12.2 Å². The summed E-state index contributed by atoms with van der Waals surface area (Å²) in [6, 6.07) is 5.00. The third kappa shape index (κ3) is 3.25. The number of carbonyl (C=O) groups is 1. The highest BCUT2D eigenvalue weighted by Crippen LogP contribution is 2.23. The molecule has 0 amide bonds. The van der Waals surface area contributed by atoms with E-state index < -0.39 is 5.97 Å². The first-order valence-corrected chi connectivity index (χ1v) is 6.44. The van der Waals surface area contributed by atoms with Crippen LogP contribution < -0.4 is 0 Å². The third-order valence-corrected chi connectivity index (χ3v) is 2.81. The lowest BCUT2D eigenvalue weighted by Gasteiger charge is -1.96. The summed E-state index contributed by atoms with van der Waals surface area (Å²) in [5, 5.41) is 0. The van der Waals surface area contributed by atoms with E-state index in [1.54, 1.807) is 31.5 Å². The molecule has 108 valence electrons. The summed E-state index contributed by atoms with van der Waals surface area (Å²) in [5.41, 5.74) is 2.47. The van der Waals surface area contributed by atoms with E-state index in [0.29, 0.717) is 22.6 Å². The number of benzene rings is 1. The van der Waals surface area contributed by atoms with Crippen molar-refractivity contribution in [1.82, 2.24) is 4.98 Å². The highest BCUT2D eigenvalue weighted by Gasteiger charge is 2.12. The van der Waals surface area contributed by atoms with Gasteiger partial charge in [0.25, 0.3) is 0 Å². The number of ether oxygens (including phenoxy) is 1. The smallest absolute Gasteiger partial charge is 0.337 e. The van der Waals surface area contributed by atoms with Crippen LogP contribution in [0.3, 0.4) is 0 Å². The molecule has 1 heterocycles. The summed E-state index contributed by atoms with van der Waals surface area (Å²) in [4.78, 5) is 19.8. The number of hydrogen-bond donors (Lipinski definition) is 0. The molecule has 0 saturated carbocycles. The van der Waals surface area contributed by atoms with Crippen LogP contribution in [0.5, 0.6) is 0 Å². The molecular weight excluding hydrogens is 268 g/mol. The number of nitrogens with zero attached hydrogens (tertiary/aromatic N) is 2. The van der Waals surface area contributed by atoms with Crippen LogP contribution in [0.2, 0.25) is 0 Å². The first-order valence-electron chi connectivity index (χ1n) is 6.44. The normalized spacial score (nSPS) is 12.6. The molecule has 21 heavy (non-hydrogen) atoms. The lowest BCUT2D eigenvalue weighted by molar-refractivity contribution is 0.0601. The van der Waals surface area contributed by atoms with E-state index in [1.807, 2.05) is 25.2 Å². The number of carbonyl (C=O) groups excluding carboxylic acids is 1. The quantitative estimate of drug-likeness (QED) is 0.491. The summed E-state index contributed by atoms with van der Waals surface area (Å²) in [6.45, 7) is 1.91. The first kappa shape index (κ1) is 14.7. The fraction of sp³-hybridized carbons (Fsp3) is 0.188. The van der Waals surface area contributed by atoms with Crippen LogP contribution in [0.4, 0.5) is 0 Å². The Morgan fingerprint density at radius 1 is 1.43 bits per heavy atom. The molecule has 0 fully saturated rings. The first-order chi connectivity index (χ1) is 10.2. The number of allylic oxidation sites excluding steroid dienone is 4. The number of esters is 1. The molecule has 5 nitrogen and oxygen atoms in total. The van der Waals surface area contributed by atoms with Crippen molar-refractivity contribution in [3.8, 4) is 0 Å². The van der Waals surface area contributed by atoms with Crippen LogP contribution in [0, 0.1) is 0 Å². The van der Waals surface area contributed by atoms with Crippen LogP contribution >= 0.6 is 0 Å². The van der Waals surface area contributed by atoms with Crippen LogP contribution in [0.25, 0.3) is 16.7 Å². The standard InChI is InChI=1S/C16H16N2O3/c1-4-5-11(8-9-17-2)15-18-13-10-12(16(19)20-3)6-7-14(13)21-15/h4-10H,1-3H3/b5-4-,11-8+,17-9+. The van der Waals surface area contributed by atoms with Crippen LogP contribution in [-0.2, 0) is 4.74 Å². The van der Waals surface area contributed by atoms with Gasteiger partial charge in [0.1, 0.15) is 5.52 Å². The Labute approximate surface area is 122 Å². The highest BCUT2D eigenvalue weighted by atomic mass is 16.5. The maximum Gasteiger partial charge on any atom is 0.337 e. The van der Waals surface area contributed by atoms with Crippen LogP contribution in [0.15, 0.2) is 45.8 Å². The monoisotopic (exact) mass is 284 g/mol. The van der Waals surface area contributed by atoms with E-state index in [0.717, 1.165) is 5.57 Å². The second kappa shape index (κ2) is 6.65. The van der Waals surface area contributed by atoms with Gasteiger partial charge in [-0.15, -0.1) is 0 Å². The number of rotatable bonds is 4. The molecule has 0 aliphatic heterocycles. The minimum atomic E-state index is -0.399. The van der Waals surface area contributed by atoms with Gasteiger partial charge >= 0.3 is 5.97 Å². The van der Waals surface area contributed by atoms with Crippen molar-refractivity contribution in [3.05, 3.63) is 47.9 Å². The third-order valence-electron chi connectivity index (χ3n) is 2.81. The van der Waals surface area contributed by atoms with Gasteiger partial charge in [-0.25, -0.2) is 9.78 Å². The van der Waals surface area contributed by atoms with Crippen molar-refractivity contribution in [3.63, 3.8) is 0 Å². The molecule has 0 radical (unpaired) electrons. The van der Waals surface area contributed by atoms with E-state index in [-0.39, 0.29) is 0 Å². The Morgan fingerprint density at radius 3 is 2.90 bits per heavy atom. The summed E-state index contributed by atoms with van der Waals surface area (Å²) >= 11 is 0. The SMILES string of the molecule is C\C=C/C(=C\C=N\C)c1nc2cc(C(=O)OC)ccc2o1. The number of aliphatic imine (C=N–C) groups is 1. The van der Waals surface area contributed by atoms with Crippen molar-refractivity contribution in [2.75, 3.05) is 14.2 Å². The molecule has 2 aromatic rings. The predicted molar refractivity (Wildman–Crippen MR) is 82.6 cm³/mol. The van der Waals surface area contributed by atoms with E-state index >= 15 is 0 Å². The highest BCUT2D eigenvalue weighted by molar-refractivity contribution is 5.94. The zero-order valence-electron chi connectivity index (χ0n) is 12.2. The Kier molecular flexibility index (Phi) is 4.66. The average molecular weight is 284 g/mol. The fourth-order valence-electron chi connectivity index (χ4n) is 1.83. The van der Waals surface area contributed by atoms with Gasteiger partial charge < -0.3 is 9.15 Å². The summed E-state index contributed by atoms with van der Waals surface area (Å²) < 4.78 is 10.4. The molecule has 0 aliphatic carbocycles. The van der Waals surface area contributed by atoms with E-state index in [1.165, 1.54) is 7.11 Å². The van der Waals surface area contributed by atoms with Gasteiger partial charge in [-0.3, -0.25) is 4.99 Å². The lowest BCUT2D eigenvalue weighted by Crippen LogP contribution is -2.00. The predicted octanol–water partition coefficient (Wildman–Crippen LogP) is 3.27. The van der Waals surface area contributed by atoms with E-state index in [9.17, 15) is 4.79 Å². The molecular formula is C16H16N2O3. The minimum absolute atomic E-state index is 0.399. The second-order valence-electron chi connectivity index (χ2n) is 4.22. The van der Waals surface area contributed by atoms with Crippen molar-refractivity contribution in [2.24, 2.45) is 4.99 Å². The lowest BCUT2D eigenvalue weighted by atomic mass is 10.2. The molecule has 0 spiro atoms. The van der Waals surface area contributed by atoms with Gasteiger partial charge in [-0.2, -0.15) is 0 Å². The number of oxazole rings is 1. The Hall–Kier alpha value is -2.69. The van der Waals surface area contributed by atoms with Crippen molar-refractivity contribution < 1.29 is 13.9 Å². The molecule has 0 aliphatic rings.